The Hall–Kier alpha value is -13.3. The quantitative estimate of drug-likeness (QED) is 0.0182. The highest BCUT2D eigenvalue weighted by atomic mass is 35.5. The number of piperazine rings is 1. The molecular formula is C113H118Cl4F4N20O8. The second kappa shape index (κ2) is 49.9. The fourth-order valence-electron chi connectivity index (χ4n) is 19.2. The molecule has 3 saturated heterocycles. The highest BCUT2D eigenvalue weighted by Crippen LogP contribution is 2.41. The van der Waals surface area contributed by atoms with Crippen LogP contribution in [0.25, 0.3) is 91.2 Å². The van der Waals surface area contributed by atoms with Crippen molar-refractivity contribution in [3.8, 4) is 23.0 Å². The normalized spacial score (nSPS) is 17.1. The van der Waals surface area contributed by atoms with Crippen LogP contribution in [0.5, 0.6) is 23.0 Å². The van der Waals surface area contributed by atoms with Gasteiger partial charge in [0.05, 0.1) is 101 Å². The lowest BCUT2D eigenvalue weighted by molar-refractivity contribution is 0.0392. The minimum atomic E-state index is -0.421. The van der Waals surface area contributed by atoms with Crippen molar-refractivity contribution in [1.82, 2.24) is 100 Å². The Bertz CT molecular complexity index is 7340. The Kier molecular flexibility index (Phi) is 35.8. The number of ether oxygens (including phenoxy) is 4. The van der Waals surface area contributed by atoms with Crippen molar-refractivity contribution < 1.29 is 56.9 Å². The van der Waals surface area contributed by atoms with E-state index in [1.807, 2.05) is 152 Å². The van der Waals surface area contributed by atoms with Crippen LogP contribution in [0.2, 0.25) is 20.1 Å². The molecule has 1 unspecified atom stereocenters. The summed E-state index contributed by atoms with van der Waals surface area (Å²) in [4.78, 5) is 43.3. The molecule has 15 heterocycles. The van der Waals surface area contributed by atoms with Crippen molar-refractivity contribution in [1.29, 1.82) is 0 Å². The molecule has 5 atom stereocenters. The number of β-amino-alcohol motifs (C(OH)–C–C–N with tert-alkyl or cyclic N) is 2. The number of pyridine rings is 8. The van der Waals surface area contributed by atoms with Gasteiger partial charge in [-0.2, -0.15) is 20.4 Å². The van der Waals surface area contributed by atoms with Crippen molar-refractivity contribution in [2.24, 2.45) is 11.8 Å². The molecule has 774 valence electrons. The molecule has 1 aliphatic carbocycles. The summed E-state index contributed by atoms with van der Waals surface area (Å²) in [5.74, 6) is 1.83. The van der Waals surface area contributed by atoms with Gasteiger partial charge in [0.25, 0.3) is 0 Å². The number of hydrogen-bond donors (Lipinski definition) is 8. The number of benzene rings is 4. The highest BCUT2D eigenvalue weighted by Gasteiger charge is 2.30. The van der Waals surface area contributed by atoms with Crippen molar-refractivity contribution in [3.05, 3.63) is 328 Å². The number of aliphatic hydroxyl groups excluding tert-OH is 4. The molecule has 12 aromatic heterocycles. The Balaban J connectivity index is 0.000000135. The smallest absolute Gasteiger partial charge is 0.134 e. The fraction of sp³-hybridized carbons (Fsp3) is 0.327. The number of halogens is 8. The number of likely N-dealkylation sites (tertiary alicyclic amines) is 2. The first kappa shape index (κ1) is 107. The van der Waals surface area contributed by atoms with Crippen LogP contribution in [0.15, 0.2) is 196 Å². The molecule has 20 rings (SSSR count). The summed E-state index contributed by atoms with van der Waals surface area (Å²) in [5.41, 5.74) is 17.5. The maximum atomic E-state index is 15.2. The molecular weight excluding hydrogens is 1980 g/mol. The van der Waals surface area contributed by atoms with E-state index < -0.39 is 23.3 Å². The molecule has 8 N–H and O–H groups in total. The number of hydrogen-bond acceptors (Lipinski definition) is 24. The summed E-state index contributed by atoms with van der Waals surface area (Å²) in [7, 11) is 0. The molecule has 28 nitrogen and oxygen atoms in total. The Morgan fingerprint density at radius 2 is 0.671 bits per heavy atom. The maximum absolute atomic E-state index is 15.2. The minimum absolute atomic E-state index is 0.140. The average Bonchev–Trinajstić information content (AvgIpc) is 1.74. The standard InChI is InChI=1S/C29H32ClFN6O2.C29H31ClFN5O2.C28H28ClFN4O2.C27H27ClFN5O2/c1-19-15-32-17-25(30)29(19)20(2)39-23-5-6-27-24(13-23)28(35-34-27)14-26(31)21-3-4-22(33-16-21)18-37-9-7-36(8-10-37)11-12-38;1-18-13-32-15-25(30)29(18)19(2)38-23-5-6-27-24(11-23)28(35-34-27)12-26(31)21-3-4-22(33-14-21)16-36-9-7-20(17-37)8-10-36;1-16-13-31-15-24(29)28(16)17(2)36-22-7-8-26-23(11-22)27(34-33-26)12-25(30)19-4-6-20(32-14-19)5-3-18-9-21(35)10-18;1-16-11-30-13-23(28)27(16)17(2)36-21-5-6-25-22(9-21)26(33-32-25)10-24(29)18-3-4-19(31-12-18)14-34-8-7-20(35)15-34/h3-6,13-17,20,38H,7-12,18H2,1-2H3,(H,34,35);3-6,11-15,19-20,37H,7-10,16-17H2,1-2H3,(H,34,35);4,6-8,11-15,17-18,21,35H,3,5,9-10H2,1-2H3,(H,33,34);3-6,9-13,17,20,35H,7-8,14-15H2,1-2H3,(H,32,33)/b26-14-;26-12-;25-12-;24-10-/t20-;19-;17-,18?,21?;17-,20?/m1010/s1. The average molecular weight is 2100 g/mol. The predicted octanol–water partition coefficient (Wildman–Crippen LogP) is 23.3. The zero-order valence-electron chi connectivity index (χ0n) is 83.9. The Morgan fingerprint density at radius 3 is 0.953 bits per heavy atom. The van der Waals surface area contributed by atoms with Crippen LogP contribution in [-0.2, 0) is 26.1 Å². The number of piperidine rings is 1. The third-order valence-corrected chi connectivity index (χ3v) is 28.6. The van der Waals surface area contributed by atoms with Crippen LogP contribution >= 0.6 is 46.4 Å². The van der Waals surface area contributed by atoms with Gasteiger partial charge in [-0.25, -0.2) is 17.6 Å². The number of aryl methyl sites for hydroxylation is 5. The Morgan fingerprint density at radius 1 is 0.369 bits per heavy atom. The van der Waals surface area contributed by atoms with E-state index in [9.17, 15) is 15.3 Å². The molecule has 0 bridgehead atoms. The molecule has 1 saturated carbocycles. The number of aliphatic hydroxyl groups is 4. The van der Waals surface area contributed by atoms with Gasteiger partial charge in [-0.1, -0.05) is 46.4 Å². The van der Waals surface area contributed by atoms with Gasteiger partial charge in [0.15, 0.2) is 0 Å². The van der Waals surface area contributed by atoms with Gasteiger partial charge in [-0.15, -0.1) is 0 Å². The fourth-order valence-corrected chi connectivity index (χ4v) is 20.6. The molecule has 3 aliphatic heterocycles. The molecule has 36 heteroatoms. The third-order valence-electron chi connectivity index (χ3n) is 27.4. The van der Waals surface area contributed by atoms with Crippen molar-refractivity contribution in [2.75, 3.05) is 72.1 Å². The number of rotatable bonds is 32. The summed E-state index contributed by atoms with van der Waals surface area (Å²) in [6.45, 7) is 25.8. The zero-order valence-corrected chi connectivity index (χ0v) is 86.9. The summed E-state index contributed by atoms with van der Waals surface area (Å²) < 4.78 is 85.3. The summed E-state index contributed by atoms with van der Waals surface area (Å²) in [5, 5.41) is 71.6. The Labute approximate surface area is 880 Å². The van der Waals surface area contributed by atoms with Gasteiger partial charge in [0, 0.05) is 242 Å². The molecule has 149 heavy (non-hydrogen) atoms. The van der Waals surface area contributed by atoms with Gasteiger partial charge in [0.1, 0.15) is 70.7 Å². The van der Waals surface area contributed by atoms with E-state index in [-0.39, 0.29) is 49.8 Å². The van der Waals surface area contributed by atoms with Gasteiger partial charge in [-0.05, 0) is 269 Å². The van der Waals surface area contributed by atoms with E-state index in [0.29, 0.717) is 142 Å². The van der Waals surface area contributed by atoms with Crippen molar-refractivity contribution in [3.63, 3.8) is 0 Å². The highest BCUT2D eigenvalue weighted by molar-refractivity contribution is 6.32. The maximum Gasteiger partial charge on any atom is 0.134 e. The summed E-state index contributed by atoms with van der Waals surface area (Å²) >= 11 is 25.4. The first-order valence-corrected chi connectivity index (χ1v) is 51.3. The van der Waals surface area contributed by atoms with Crippen LogP contribution in [0.3, 0.4) is 0 Å². The molecule has 4 aromatic carbocycles. The molecule has 0 spiro atoms. The molecule has 0 amide bonds. The monoisotopic (exact) mass is 2100 g/mol. The molecule has 0 radical (unpaired) electrons. The van der Waals surface area contributed by atoms with Crippen LogP contribution in [0, 0.1) is 39.5 Å². The van der Waals surface area contributed by atoms with Gasteiger partial charge in [-0.3, -0.25) is 79.9 Å². The van der Waals surface area contributed by atoms with Gasteiger partial charge < -0.3 is 39.4 Å². The molecule has 16 aromatic rings. The number of aromatic amines is 4. The lowest BCUT2D eigenvalue weighted by Gasteiger charge is -2.34. The largest absolute Gasteiger partial charge is 0.486 e. The van der Waals surface area contributed by atoms with E-state index in [1.165, 1.54) is 30.5 Å². The second-order valence-electron chi connectivity index (χ2n) is 38.3. The number of fused-ring (bicyclic) bond motifs is 4. The summed E-state index contributed by atoms with van der Waals surface area (Å²) in [6.07, 6.45) is 30.1. The predicted molar refractivity (Wildman–Crippen MR) is 576 cm³/mol. The topological polar surface area (TPSA) is 349 Å². The first-order valence-electron chi connectivity index (χ1n) is 49.8. The van der Waals surface area contributed by atoms with Crippen LogP contribution in [0.1, 0.15) is 203 Å². The zero-order chi connectivity index (χ0) is 104. The number of nitrogens with zero attached hydrogens (tertiary/aromatic N) is 16. The van der Waals surface area contributed by atoms with E-state index in [2.05, 4.69) is 100 Å². The number of H-pyrrole nitrogens is 4. The van der Waals surface area contributed by atoms with Crippen LogP contribution in [0.4, 0.5) is 17.6 Å². The summed E-state index contributed by atoms with van der Waals surface area (Å²) in [6, 6.07) is 36.4. The molecule has 4 aliphatic rings. The van der Waals surface area contributed by atoms with Crippen LogP contribution in [-0.4, -0.2) is 205 Å². The lowest BCUT2D eigenvalue weighted by Crippen LogP contribution is -2.46. The van der Waals surface area contributed by atoms with Gasteiger partial charge >= 0.3 is 0 Å². The minimum Gasteiger partial charge on any atom is -0.486 e. The SMILES string of the molecule is Cc1cncc(Cl)c1[C@@H](C)Oc1ccc2n[nH]c(/C=C(\F)c3ccc(CCC4CC(O)C4)nc3)c2c1.Cc1cncc(Cl)c1[C@@H](C)Oc1ccc2n[nH]c(/C=C(\F)c3ccc(CN4CCN(CCO)CC4)nc3)c2c1.Cc1cncc(Cl)c1[C@H](C)Oc1ccc2n[nH]c(/C=C(\F)c3ccc(CN4CCC(CO)CC4)nc3)c2c1.Cc1cncc(Cl)c1[C@H](C)Oc1ccc2n[nH]c(/C=C(\F)c3ccc(CN4CCC(O)C4)nc3)c2c1. The number of nitrogens with one attached hydrogen (secondary N) is 4. The van der Waals surface area contributed by atoms with E-state index in [4.69, 9.17) is 70.5 Å². The van der Waals surface area contributed by atoms with E-state index in [1.54, 1.807) is 92.4 Å². The lowest BCUT2D eigenvalue weighted by atomic mass is 9.79. The van der Waals surface area contributed by atoms with E-state index in [0.717, 1.165) is 193 Å². The van der Waals surface area contributed by atoms with Crippen molar-refractivity contribution in [2.45, 2.75) is 157 Å². The third kappa shape index (κ3) is 27.5. The number of aromatic nitrogens is 16. The van der Waals surface area contributed by atoms with E-state index >= 15 is 17.6 Å². The van der Waals surface area contributed by atoms with Crippen LogP contribution < -0.4 is 18.9 Å². The second-order valence-corrected chi connectivity index (χ2v) is 39.9. The van der Waals surface area contributed by atoms with Gasteiger partial charge in [0.2, 0.25) is 0 Å². The molecule has 4 fully saturated rings. The first-order chi connectivity index (χ1) is 72.0. The van der Waals surface area contributed by atoms with Crippen molar-refractivity contribution >= 4 is 138 Å².